The van der Waals surface area contributed by atoms with Gasteiger partial charge in [0.05, 0.1) is 0 Å². The predicted molar refractivity (Wildman–Crippen MR) is 63.9 cm³/mol. The van der Waals surface area contributed by atoms with Crippen molar-refractivity contribution in [3.8, 4) is 0 Å². The van der Waals surface area contributed by atoms with Crippen molar-refractivity contribution in [2.24, 2.45) is 5.92 Å². The zero-order valence-corrected chi connectivity index (χ0v) is 9.68. The van der Waals surface area contributed by atoms with Crippen molar-refractivity contribution in [1.82, 2.24) is 4.98 Å². The molecule has 90 valence electrons. The number of para-hydroxylation sites is 2. The predicted octanol–water partition coefficient (Wildman–Crippen LogP) is 2.35. The summed E-state index contributed by atoms with van der Waals surface area (Å²) in [4.78, 5) is 15.2. The van der Waals surface area contributed by atoms with Crippen LogP contribution >= 0.6 is 0 Å². The smallest absolute Gasteiger partial charge is 0.326 e. The van der Waals surface area contributed by atoms with Crippen LogP contribution in [0.15, 0.2) is 28.7 Å². The van der Waals surface area contributed by atoms with E-state index in [1.807, 2.05) is 32.0 Å². The Balaban J connectivity index is 2.25. The van der Waals surface area contributed by atoms with Gasteiger partial charge in [-0.2, -0.15) is 4.98 Å². The molecule has 0 radical (unpaired) electrons. The van der Waals surface area contributed by atoms with E-state index in [0.29, 0.717) is 11.1 Å². The third kappa shape index (κ3) is 2.38. The summed E-state index contributed by atoms with van der Waals surface area (Å²) >= 11 is 0. The van der Waals surface area contributed by atoms with Crippen LogP contribution in [-0.2, 0) is 4.79 Å². The molecule has 0 amide bonds. The number of hydrogen-bond acceptors (Lipinski definition) is 4. The second kappa shape index (κ2) is 4.45. The molecule has 2 rings (SSSR count). The molecule has 5 nitrogen and oxygen atoms in total. The van der Waals surface area contributed by atoms with Crippen molar-refractivity contribution in [2.75, 3.05) is 5.32 Å². The van der Waals surface area contributed by atoms with Gasteiger partial charge in [0.2, 0.25) is 0 Å². The van der Waals surface area contributed by atoms with Crippen molar-refractivity contribution in [3.05, 3.63) is 24.3 Å². The van der Waals surface area contributed by atoms with Crippen molar-refractivity contribution in [3.63, 3.8) is 0 Å². The van der Waals surface area contributed by atoms with Crippen LogP contribution in [0.5, 0.6) is 0 Å². The lowest BCUT2D eigenvalue weighted by Crippen LogP contribution is -2.34. The van der Waals surface area contributed by atoms with Crippen LogP contribution in [0.1, 0.15) is 13.8 Å². The molecule has 5 heteroatoms. The first-order chi connectivity index (χ1) is 8.08. The summed E-state index contributed by atoms with van der Waals surface area (Å²) in [6.45, 7) is 3.66. The lowest BCUT2D eigenvalue weighted by atomic mass is 10.1. The molecular formula is C12H14N2O3. The topological polar surface area (TPSA) is 75.4 Å². The molecule has 2 N–H and O–H groups in total. The first-order valence-electron chi connectivity index (χ1n) is 5.43. The molecule has 1 aromatic carbocycles. The number of anilines is 1. The van der Waals surface area contributed by atoms with E-state index in [1.54, 1.807) is 6.07 Å². The quantitative estimate of drug-likeness (QED) is 0.849. The molecule has 0 saturated carbocycles. The van der Waals surface area contributed by atoms with Crippen LogP contribution in [0.2, 0.25) is 0 Å². The number of nitrogens with one attached hydrogen (secondary N) is 1. The Kier molecular flexibility index (Phi) is 2.99. The Bertz CT molecular complexity index is 500. The number of aromatic nitrogens is 1. The fourth-order valence-corrected chi connectivity index (χ4v) is 1.58. The van der Waals surface area contributed by atoms with Gasteiger partial charge in [-0.15, -0.1) is 0 Å². The maximum atomic E-state index is 11.0. The largest absolute Gasteiger partial charge is 0.480 e. The average Bonchev–Trinajstić information content (AvgIpc) is 2.67. The van der Waals surface area contributed by atoms with Gasteiger partial charge in [0, 0.05) is 0 Å². The normalized spacial score (nSPS) is 12.9. The fraction of sp³-hybridized carbons (Fsp3) is 0.333. The van der Waals surface area contributed by atoms with E-state index in [1.165, 1.54) is 0 Å². The number of benzene rings is 1. The second-order valence-corrected chi connectivity index (χ2v) is 4.19. The van der Waals surface area contributed by atoms with Gasteiger partial charge in [-0.05, 0) is 18.1 Å². The highest BCUT2D eigenvalue weighted by atomic mass is 16.4. The second-order valence-electron chi connectivity index (χ2n) is 4.19. The van der Waals surface area contributed by atoms with Gasteiger partial charge in [0.15, 0.2) is 5.58 Å². The number of rotatable bonds is 4. The van der Waals surface area contributed by atoms with E-state index < -0.39 is 12.0 Å². The number of carboxylic acid groups (broad SMARTS) is 1. The number of nitrogens with zero attached hydrogens (tertiary/aromatic N) is 1. The van der Waals surface area contributed by atoms with Crippen LogP contribution in [0.3, 0.4) is 0 Å². The molecule has 2 aromatic rings. The van der Waals surface area contributed by atoms with E-state index in [2.05, 4.69) is 10.3 Å². The van der Waals surface area contributed by atoms with Gasteiger partial charge >= 0.3 is 5.97 Å². The average molecular weight is 234 g/mol. The lowest BCUT2D eigenvalue weighted by molar-refractivity contribution is -0.138. The maximum Gasteiger partial charge on any atom is 0.326 e. The minimum Gasteiger partial charge on any atom is -0.480 e. The third-order valence-corrected chi connectivity index (χ3v) is 2.51. The summed E-state index contributed by atoms with van der Waals surface area (Å²) in [6, 6.07) is 6.84. The summed E-state index contributed by atoms with van der Waals surface area (Å²) in [5.74, 6) is -0.968. The van der Waals surface area contributed by atoms with E-state index in [-0.39, 0.29) is 11.9 Å². The third-order valence-electron chi connectivity index (χ3n) is 2.51. The first-order valence-corrected chi connectivity index (χ1v) is 5.43. The Hall–Kier alpha value is -2.04. The van der Waals surface area contributed by atoms with Crippen LogP contribution in [0.4, 0.5) is 6.01 Å². The van der Waals surface area contributed by atoms with E-state index >= 15 is 0 Å². The number of oxazole rings is 1. The van der Waals surface area contributed by atoms with Gasteiger partial charge in [-0.1, -0.05) is 26.0 Å². The Labute approximate surface area is 98.5 Å². The zero-order valence-electron chi connectivity index (χ0n) is 9.68. The summed E-state index contributed by atoms with van der Waals surface area (Å²) in [6.07, 6.45) is 0. The van der Waals surface area contributed by atoms with E-state index in [0.717, 1.165) is 0 Å². The number of fused-ring (bicyclic) bond motifs is 1. The van der Waals surface area contributed by atoms with Crippen molar-refractivity contribution >= 4 is 23.1 Å². The minimum atomic E-state index is -0.915. The number of aliphatic carboxylic acids is 1. The first kappa shape index (κ1) is 11.4. The van der Waals surface area contributed by atoms with Crippen LogP contribution in [0, 0.1) is 5.92 Å². The standard InChI is InChI=1S/C12H14N2O3/c1-7(2)10(11(15)16)14-12-13-8-5-3-4-6-9(8)17-12/h3-7,10H,1-2H3,(H,13,14)(H,15,16)/t10-/m0/s1. The molecular weight excluding hydrogens is 220 g/mol. The minimum absolute atomic E-state index is 0.0532. The molecule has 0 saturated heterocycles. The zero-order chi connectivity index (χ0) is 12.4. The molecule has 0 aliphatic carbocycles. The summed E-state index contributed by atoms with van der Waals surface area (Å²) in [5.41, 5.74) is 1.35. The molecule has 0 aliphatic heterocycles. The highest BCUT2D eigenvalue weighted by molar-refractivity contribution is 5.78. The van der Waals surface area contributed by atoms with Crippen molar-refractivity contribution in [1.29, 1.82) is 0 Å². The fourth-order valence-electron chi connectivity index (χ4n) is 1.58. The molecule has 1 aromatic heterocycles. The maximum absolute atomic E-state index is 11.0. The molecule has 0 aliphatic rings. The summed E-state index contributed by atoms with van der Waals surface area (Å²) in [7, 11) is 0. The molecule has 0 bridgehead atoms. The van der Waals surface area contributed by atoms with Gasteiger partial charge in [-0.3, -0.25) is 0 Å². The number of hydrogen-bond donors (Lipinski definition) is 2. The summed E-state index contributed by atoms with van der Waals surface area (Å²) < 4.78 is 5.41. The van der Waals surface area contributed by atoms with Crippen LogP contribution < -0.4 is 5.32 Å². The molecule has 0 unspecified atom stereocenters. The molecule has 0 spiro atoms. The SMILES string of the molecule is CC(C)[C@H](Nc1nc2ccccc2o1)C(=O)O. The van der Waals surface area contributed by atoms with Crippen LogP contribution in [-0.4, -0.2) is 22.1 Å². The molecule has 17 heavy (non-hydrogen) atoms. The molecule has 0 fully saturated rings. The summed E-state index contributed by atoms with van der Waals surface area (Å²) in [5, 5.41) is 11.8. The monoisotopic (exact) mass is 234 g/mol. The molecule has 1 atom stereocenters. The van der Waals surface area contributed by atoms with E-state index in [9.17, 15) is 4.79 Å². The Morgan fingerprint density at radius 1 is 1.41 bits per heavy atom. The number of carbonyl (C=O) groups is 1. The molecule has 1 heterocycles. The van der Waals surface area contributed by atoms with Gasteiger partial charge in [-0.25, -0.2) is 4.79 Å². The highest BCUT2D eigenvalue weighted by Crippen LogP contribution is 2.19. The van der Waals surface area contributed by atoms with E-state index in [4.69, 9.17) is 9.52 Å². The van der Waals surface area contributed by atoms with Gasteiger partial charge < -0.3 is 14.8 Å². The van der Waals surface area contributed by atoms with Gasteiger partial charge in [0.1, 0.15) is 11.6 Å². The van der Waals surface area contributed by atoms with Crippen LogP contribution in [0.25, 0.3) is 11.1 Å². The lowest BCUT2D eigenvalue weighted by Gasteiger charge is -2.15. The van der Waals surface area contributed by atoms with Crippen molar-refractivity contribution in [2.45, 2.75) is 19.9 Å². The highest BCUT2D eigenvalue weighted by Gasteiger charge is 2.23. The Morgan fingerprint density at radius 2 is 2.12 bits per heavy atom. The number of carboxylic acids is 1. The Morgan fingerprint density at radius 3 is 2.71 bits per heavy atom. The van der Waals surface area contributed by atoms with Gasteiger partial charge in [0.25, 0.3) is 6.01 Å². The van der Waals surface area contributed by atoms with Crippen molar-refractivity contribution < 1.29 is 14.3 Å².